The minimum Gasteiger partial charge on any atom is -0.366 e. The second kappa shape index (κ2) is 6.65. The lowest BCUT2D eigenvalue weighted by Gasteiger charge is -2.31. The van der Waals surface area contributed by atoms with Crippen LogP contribution in [0.25, 0.3) is 0 Å². The number of hydrogen-bond acceptors (Lipinski definition) is 2. The maximum atomic E-state index is 13.3. The summed E-state index contributed by atoms with van der Waals surface area (Å²) in [5.41, 5.74) is 6.71. The number of primary amides is 1. The fourth-order valence-electron chi connectivity index (χ4n) is 4.17. The SMILES string of the molecule is NC(=O)c1cccc2c1CCCN2C(=O)C1CC1c1ccccc1C(F)(F)F. The van der Waals surface area contributed by atoms with Crippen molar-refractivity contribution >= 4 is 17.5 Å². The van der Waals surface area contributed by atoms with Crippen LogP contribution in [0.15, 0.2) is 42.5 Å². The van der Waals surface area contributed by atoms with E-state index in [1.807, 2.05) is 0 Å². The van der Waals surface area contributed by atoms with Crippen LogP contribution in [0.4, 0.5) is 18.9 Å². The van der Waals surface area contributed by atoms with Crippen molar-refractivity contribution in [2.75, 3.05) is 11.4 Å². The summed E-state index contributed by atoms with van der Waals surface area (Å²) < 4.78 is 39.9. The molecule has 2 unspecified atom stereocenters. The number of rotatable bonds is 3. The molecule has 4 nitrogen and oxygen atoms in total. The molecule has 2 atom stereocenters. The Labute approximate surface area is 160 Å². The zero-order valence-corrected chi connectivity index (χ0v) is 15.0. The van der Waals surface area contributed by atoms with Gasteiger partial charge in [0, 0.05) is 23.7 Å². The van der Waals surface area contributed by atoms with Crippen LogP contribution in [-0.4, -0.2) is 18.4 Å². The number of halogens is 3. The summed E-state index contributed by atoms with van der Waals surface area (Å²) in [6.45, 7) is 0.484. The van der Waals surface area contributed by atoms with Gasteiger partial charge in [0.2, 0.25) is 11.8 Å². The topological polar surface area (TPSA) is 63.4 Å². The Bertz CT molecular complexity index is 955. The lowest BCUT2D eigenvalue weighted by Crippen LogP contribution is -2.37. The van der Waals surface area contributed by atoms with E-state index >= 15 is 0 Å². The average Bonchev–Trinajstić information content (AvgIpc) is 3.46. The molecule has 0 radical (unpaired) electrons. The molecule has 28 heavy (non-hydrogen) atoms. The molecule has 1 aliphatic heterocycles. The highest BCUT2D eigenvalue weighted by Gasteiger charge is 2.49. The normalized spacial score (nSPS) is 21.2. The Morgan fingerprint density at radius 3 is 2.54 bits per heavy atom. The van der Waals surface area contributed by atoms with E-state index in [9.17, 15) is 22.8 Å². The molecular weight excluding hydrogens is 369 g/mol. The molecule has 0 spiro atoms. The zero-order chi connectivity index (χ0) is 20.1. The summed E-state index contributed by atoms with van der Waals surface area (Å²) in [5, 5.41) is 0. The molecule has 2 aliphatic rings. The first-order chi connectivity index (χ1) is 13.3. The summed E-state index contributed by atoms with van der Waals surface area (Å²) in [6, 6.07) is 10.5. The summed E-state index contributed by atoms with van der Waals surface area (Å²) >= 11 is 0. The molecule has 0 aromatic heterocycles. The van der Waals surface area contributed by atoms with Crippen molar-refractivity contribution in [3.63, 3.8) is 0 Å². The van der Waals surface area contributed by atoms with Crippen molar-refractivity contribution in [2.24, 2.45) is 11.7 Å². The lowest BCUT2D eigenvalue weighted by atomic mass is 9.95. The maximum absolute atomic E-state index is 13.3. The van der Waals surface area contributed by atoms with E-state index in [1.165, 1.54) is 12.1 Å². The van der Waals surface area contributed by atoms with Crippen LogP contribution in [0.5, 0.6) is 0 Å². The molecule has 7 heteroatoms. The van der Waals surface area contributed by atoms with Gasteiger partial charge in [-0.3, -0.25) is 9.59 Å². The van der Waals surface area contributed by atoms with Crippen molar-refractivity contribution in [1.29, 1.82) is 0 Å². The minimum atomic E-state index is -4.44. The molecule has 2 aromatic rings. The average molecular weight is 388 g/mol. The van der Waals surface area contributed by atoms with Gasteiger partial charge in [-0.1, -0.05) is 24.3 Å². The number of alkyl halides is 3. The largest absolute Gasteiger partial charge is 0.416 e. The third-order valence-electron chi connectivity index (χ3n) is 5.56. The first-order valence-electron chi connectivity index (χ1n) is 9.18. The fraction of sp³-hybridized carbons (Fsp3) is 0.333. The number of anilines is 1. The number of fused-ring (bicyclic) bond motifs is 1. The van der Waals surface area contributed by atoms with Gasteiger partial charge in [-0.2, -0.15) is 13.2 Å². The number of nitrogens with zero attached hydrogens (tertiary/aromatic N) is 1. The van der Waals surface area contributed by atoms with E-state index < -0.39 is 29.5 Å². The quantitative estimate of drug-likeness (QED) is 0.867. The molecule has 1 aliphatic carbocycles. The highest BCUT2D eigenvalue weighted by atomic mass is 19.4. The minimum absolute atomic E-state index is 0.177. The molecule has 146 valence electrons. The summed E-state index contributed by atoms with van der Waals surface area (Å²) in [7, 11) is 0. The van der Waals surface area contributed by atoms with Crippen molar-refractivity contribution in [3.8, 4) is 0 Å². The van der Waals surface area contributed by atoms with Crippen LogP contribution in [0.3, 0.4) is 0 Å². The van der Waals surface area contributed by atoms with E-state index in [0.29, 0.717) is 37.1 Å². The monoisotopic (exact) mass is 388 g/mol. The molecule has 2 amide bonds. The fourth-order valence-corrected chi connectivity index (χ4v) is 4.17. The van der Waals surface area contributed by atoms with Crippen LogP contribution in [-0.2, 0) is 17.4 Å². The van der Waals surface area contributed by atoms with E-state index in [1.54, 1.807) is 29.2 Å². The van der Waals surface area contributed by atoms with Gasteiger partial charge in [0.25, 0.3) is 0 Å². The molecule has 0 bridgehead atoms. The van der Waals surface area contributed by atoms with Gasteiger partial charge in [0.1, 0.15) is 0 Å². The van der Waals surface area contributed by atoms with Crippen LogP contribution in [0.2, 0.25) is 0 Å². The molecule has 1 saturated carbocycles. The number of nitrogens with two attached hydrogens (primary N) is 1. The van der Waals surface area contributed by atoms with Gasteiger partial charge in [0.05, 0.1) is 5.56 Å². The van der Waals surface area contributed by atoms with Crippen LogP contribution >= 0.6 is 0 Å². The van der Waals surface area contributed by atoms with E-state index in [2.05, 4.69) is 0 Å². The summed E-state index contributed by atoms with van der Waals surface area (Å²) in [6.07, 6.45) is -2.73. The second-order valence-electron chi connectivity index (χ2n) is 7.29. The van der Waals surface area contributed by atoms with Crippen molar-refractivity contribution in [2.45, 2.75) is 31.4 Å². The Hall–Kier alpha value is -2.83. The maximum Gasteiger partial charge on any atom is 0.416 e. The standard InChI is InChI=1S/C21H19F3N2O2/c22-21(23,24)17-8-2-1-5-12(17)15-11-16(15)20(28)26-10-4-7-13-14(19(25)27)6-3-9-18(13)26/h1-3,5-6,8-9,15-16H,4,7,10-11H2,(H2,25,27). The number of hydrogen-bond donors (Lipinski definition) is 1. The zero-order valence-electron chi connectivity index (χ0n) is 15.0. The van der Waals surface area contributed by atoms with Crippen LogP contribution in [0, 0.1) is 5.92 Å². The van der Waals surface area contributed by atoms with E-state index in [4.69, 9.17) is 5.73 Å². The lowest BCUT2D eigenvalue weighted by molar-refractivity contribution is -0.138. The highest BCUT2D eigenvalue weighted by Crippen LogP contribution is 2.52. The van der Waals surface area contributed by atoms with Crippen LogP contribution < -0.4 is 10.6 Å². The predicted molar refractivity (Wildman–Crippen MR) is 97.9 cm³/mol. The smallest absolute Gasteiger partial charge is 0.366 e. The van der Waals surface area contributed by atoms with E-state index in [-0.39, 0.29) is 11.5 Å². The molecule has 1 fully saturated rings. The van der Waals surface area contributed by atoms with Gasteiger partial charge < -0.3 is 10.6 Å². The number of carbonyl (C=O) groups is 2. The summed E-state index contributed by atoms with van der Waals surface area (Å²) in [4.78, 5) is 26.4. The first kappa shape index (κ1) is 18.5. The van der Waals surface area contributed by atoms with Gasteiger partial charge in [0.15, 0.2) is 0 Å². The molecule has 2 N–H and O–H groups in total. The summed E-state index contributed by atoms with van der Waals surface area (Å²) in [5.74, 6) is -1.65. The molecule has 1 heterocycles. The highest BCUT2D eigenvalue weighted by molar-refractivity contribution is 6.02. The van der Waals surface area contributed by atoms with Crippen LogP contribution in [0.1, 0.15) is 45.8 Å². The van der Waals surface area contributed by atoms with Crippen molar-refractivity contribution < 1.29 is 22.8 Å². The van der Waals surface area contributed by atoms with Crippen molar-refractivity contribution in [1.82, 2.24) is 0 Å². The van der Waals surface area contributed by atoms with Gasteiger partial charge in [-0.25, -0.2) is 0 Å². The number of amides is 2. The van der Waals surface area contributed by atoms with Gasteiger partial charge in [-0.15, -0.1) is 0 Å². The first-order valence-corrected chi connectivity index (χ1v) is 9.18. The molecule has 4 rings (SSSR count). The Morgan fingerprint density at radius 2 is 1.82 bits per heavy atom. The molecule has 2 aromatic carbocycles. The number of carbonyl (C=O) groups excluding carboxylic acids is 2. The Morgan fingerprint density at radius 1 is 1.07 bits per heavy atom. The van der Waals surface area contributed by atoms with Gasteiger partial charge in [-0.05, 0) is 54.5 Å². The predicted octanol–water partition coefficient (Wildman–Crippen LogP) is 3.89. The Balaban J connectivity index is 1.61. The molecule has 0 saturated heterocycles. The van der Waals surface area contributed by atoms with Gasteiger partial charge >= 0.3 is 6.18 Å². The molecular formula is C21H19F3N2O2. The van der Waals surface area contributed by atoms with Crippen molar-refractivity contribution in [3.05, 3.63) is 64.7 Å². The third kappa shape index (κ3) is 3.15. The van der Waals surface area contributed by atoms with E-state index in [0.717, 1.165) is 11.6 Å². The second-order valence-corrected chi connectivity index (χ2v) is 7.29. The Kier molecular flexibility index (Phi) is 4.40. The number of benzene rings is 2. The third-order valence-corrected chi connectivity index (χ3v) is 5.56.